The molecule has 0 spiro atoms. The number of benzene rings is 2. The van der Waals surface area contributed by atoms with Crippen LogP contribution in [0.25, 0.3) is 0 Å². The quantitative estimate of drug-likeness (QED) is 0.817. The van der Waals surface area contributed by atoms with Gasteiger partial charge < -0.3 is 15.2 Å². The van der Waals surface area contributed by atoms with Crippen LogP contribution in [0.4, 0.5) is 4.79 Å². The van der Waals surface area contributed by atoms with Gasteiger partial charge in [0.25, 0.3) is 0 Å². The second-order valence-corrected chi connectivity index (χ2v) is 5.59. The molecule has 0 aliphatic rings. The molecule has 2 aromatic rings. The van der Waals surface area contributed by atoms with Crippen LogP contribution in [0.15, 0.2) is 60.7 Å². The van der Waals surface area contributed by atoms with Gasteiger partial charge in [-0.15, -0.1) is 0 Å². The summed E-state index contributed by atoms with van der Waals surface area (Å²) in [6.45, 7) is 2.00. The highest BCUT2D eigenvalue weighted by Gasteiger charge is 2.26. The summed E-state index contributed by atoms with van der Waals surface area (Å²) in [7, 11) is 0. The molecule has 2 aromatic carbocycles. The van der Waals surface area contributed by atoms with Gasteiger partial charge in [-0.1, -0.05) is 67.6 Å². The van der Waals surface area contributed by atoms with Crippen LogP contribution in [0.5, 0.6) is 0 Å². The average molecular weight is 327 g/mol. The molecule has 0 aromatic heterocycles. The van der Waals surface area contributed by atoms with Gasteiger partial charge in [0.05, 0.1) is 5.92 Å². The highest BCUT2D eigenvalue weighted by atomic mass is 16.5. The molecule has 0 aliphatic heterocycles. The topological polar surface area (TPSA) is 75.6 Å². The van der Waals surface area contributed by atoms with E-state index in [1.54, 1.807) is 0 Å². The lowest BCUT2D eigenvalue weighted by Crippen LogP contribution is -2.35. The monoisotopic (exact) mass is 327 g/mol. The van der Waals surface area contributed by atoms with Gasteiger partial charge in [-0.25, -0.2) is 4.79 Å². The van der Waals surface area contributed by atoms with Gasteiger partial charge in [0, 0.05) is 6.54 Å². The van der Waals surface area contributed by atoms with E-state index in [1.807, 2.05) is 67.6 Å². The first kappa shape index (κ1) is 17.5. The van der Waals surface area contributed by atoms with Crippen molar-refractivity contribution in [3.05, 3.63) is 71.8 Å². The fraction of sp³-hybridized carbons (Fsp3) is 0.263. The summed E-state index contributed by atoms with van der Waals surface area (Å²) in [4.78, 5) is 23.3. The largest absolute Gasteiger partial charge is 0.481 e. The molecule has 0 heterocycles. The van der Waals surface area contributed by atoms with Crippen molar-refractivity contribution in [3.8, 4) is 0 Å². The van der Waals surface area contributed by atoms with Crippen LogP contribution in [-0.2, 0) is 16.1 Å². The molecule has 0 aliphatic carbocycles. The predicted molar refractivity (Wildman–Crippen MR) is 90.6 cm³/mol. The molecule has 24 heavy (non-hydrogen) atoms. The molecule has 0 radical (unpaired) electrons. The number of hydrogen-bond donors (Lipinski definition) is 2. The molecule has 0 saturated heterocycles. The van der Waals surface area contributed by atoms with Crippen molar-refractivity contribution < 1.29 is 19.4 Å². The molecule has 0 saturated carbocycles. The zero-order valence-electron chi connectivity index (χ0n) is 13.5. The van der Waals surface area contributed by atoms with E-state index in [9.17, 15) is 14.7 Å². The van der Waals surface area contributed by atoms with Gasteiger partial charge in [0.1, 0.15) is 6.61 Å². The summed E-state index contributed by atoms with van der Waals surface area (Å²) in [6, 6.07) is 18.7. The maximum atomic E-state index is 11.8. The third-order valence-corrected chi connectivity index (χ3v) is 3.93. The lowest BCUT2D eigenvalue weighted by atomic mass is 9.87. The highest BCUT2D eigenvalue weighted by molar-refractivity contribution is 5.73. The third kappa shape index (κ3) is 5.12. The van der Waals surface area contributed by atoms with E-state index in [2.05, 4.69) is 5.32 Å². The molecule has 2 rings (SSSR count). The number of aliphatic carboxylic acids is 1. The number of nitrogens with one attached hydrogen (secondary N) is 1. The van der Waals surface area contributed by atoms with Crippen LogP contribution in [0.1, 0.15) is 24.0 Å². The maximum absolute atomic E-state index is 11.8. The number of ether oxygens (including phenoxy) is 1. The number of hydrogen-bond acceptors (Lipinski definition) is 3. The van der Waals surface area contributed by atoms with E-state index in [-0.39, 0.29) is 19.1 Å². The van der Waals surface area contributed by atoms with Gasteiger partial charge in [0.2, 0.25) is 0 Å². The van der Waals surface area contributed by atoms with Crippen molar-refractivity contribution in [2.75, 3.05) is 6.54 Å². The molecule has 1 amide bonds. The number of rotatable bonds is 7. The number of carboxylic acids is 1. The third-order valence-electron chi connectivity index (χ3n) is 3.93. The Labute approximate surface area is 141 Å². The Morgan fingerprint density at radius 2 is 1.62 bits per heavy atom. The molecule has 5 nitrogen and oxygen atoms in total. The molecule has 126 valence electrons. The summed E-state index contributed by atoms with van der Waals surface area (Å²) in [6.07, 6.45) is -0.620. The summed E-state index contributed by atoms with van der Waals surface area (Å²) in [5, 5.41) is 12.0. The number of carbonyl (C=O) groups excluding carboxylic acids is 1. The van der Waals surface area contributed by atoms with Crippen molar-refractivity contribution in [2.24, 2.45) is 5.92 Å². The minimum atomic E-state index is -0.949. The van der Waals surface area contributed by atoms with Gasteiger partial charge in [-0.05, 0) is 17.0 Å². The molecular formula is C19H21NO4. The highest BCUT2D eigenvalue weighted by Crippen LogP contribution is 2.24. The molecule has 0 fully saturated rings. The zero-order chi connectivity index (χ0) is 17.4. The Morgan fingerprint density at radius 3 is 2.21 bits per heavy atom. The Kier molecular flexibility index (Phi) is 6.37. The van der Waals surface area contributed by atoms with Crippen LogP contribution in [0.2, 0.25) is 0 Å². The van der Waals surface area contributed by atoms with E-state index in [0.29, 0.717) is 0 Å². The Balaban J connectivity index is 1.87. The van der Waals surface area contributed by atoms with Crippen LogP contribution >= 0.6 is 0 Å². The van der Waals surface area contributed by atoms with Crippen LogP contribution in [0.3, 0.4) is 0 Å². The average Bonchev–Trinajstić information content (AvgIpc) is 2.61. The molecule has 5 heteroatoms. The summed E-state index contributed by atoms with van der Waals surface area (Å²) in [5.41, 5.74) is 1.80. The van der Waals surface area contributed by atoms with Crippen LogP contribution in [-0.4, -0.2) is 23.7 Å². The van der Waals surface area contributed by atoms with Crippen molar-refractivity contribution in [3.63, 3.8) is 0 Å². The standard InChI is InChI=1S/C19H21NO4/c1-14(16-10-6-3-7-11-16)17(18(21)22)12-20-19(23)24-13-15-8-4-2-5-9-15/h2-11,14,17H,12-13H2,1H3,(H,20,23)(H,21,22)/t14-,17+/m0/s1. The predicted octanol–water partition coefficient (Wildman–Crippen LogP) is 3.42. The van der Waals surface area contributed by atoms with Crippen molar-refractivity contribution in [2.45, 2.75) is 19.4 Å². The number of amides is 1. The van der Waals surface area contributed by atoms with Crippen LogP contribution < -0.4 is 5.32 Å². The minimum Gasteiger partial charge on any atom is -0.481 e. The minimum absolute atomic E-state index is 0.0129. The van der Waals surface area contributed by atoms with E-state index in [4.69, 9.17) is 4.74 Å². The molecule has 0 bridgehead atoms. The van der Waals surface area contributed by atoms with Crippen LogP contribution in [0, 0.1) is 5.92 Å². The first-order valence-electron chi connectivity index (χ1n) is 7.80. The van der Waals surface area contributed by atoms with Gasteiger partial charge in [-0.2, -0.15) is 0 Å². The first-order chi connectivity index (χ1) is 11.6. The zero-order valence-corrected chi connectivity index (χ0v) is 13.5. The smallest absolute Gasteiger partial charge is 0.407 e. The van der Waals surface area contributed by atoms with Gasteiger partial charge in [-0.3, -0.25) is 4.79 Å². The number of alkyl carbamates (subject to hydrolysis) is 1. The second kappa shape index (κ2) is 8.72. The second-order valence-electron chi connectivity index (χ2n) is 5.59. The van der Waals surface area contributed by atoms with E-state index in [0.717, 1.165) is 11.1 Å². The van der Waals surface area contributed by atoms with E-state index < -0.39 is 18.0 Å². The van der Waals surface area contributed by atoms with Gasteiger partial charge in [0.15, 0.2) is 0 Å². The Morgan fingerprint density at radius 1 is 1.04 bits per heavy atom. The summed E-state index contributed by atoms with van der Waals surface area (Å²) in [5.74, 6) is -1.90. The Bertz CT molecular complexity index is 658. The molecule has 2 N–H and O–H groups in total. The van der Waals surface area contributed by atoms with Crippen molar-refractivity contribution in [1.82, 2.24) is 5.32 Å². The maximum Gasteiger partial charge on any atom is 0.407 e. The lowest BCUT2D eigenvalue weighted by molar-refractivity contribution is -0.142. The fourth-order valence-corrected chi connectivity index (χ4v) is 2.43. The molecule has 0 unspecified atom stereocenters. The summed E-state index contributed by atoms with van der Waals surface area (Å²) < 4.78 is 5.10. The van der Waals surface area contributed by atoms with E-state index in [1.165, 1.54) is 0 Å². The molecular weight excluding hydrogens is 306 g/mol. The Hall–Kier alpha value is -2.82. The normalized spacial score (nSPS) is 12.9. The SMILES string of the molecule is C[C@@H](c1ccccc1)[C@@H](CNC(=O)OCc1ccccc1)C(=O)O. The van der Waals surface area contributed by atoms with Crippen molar-refractivity contribution in [1.29, 1.82) is 0 Å². The fourth-order valence-electron chi connectivity index (χ4n) is 2.43. The lowest BCUT2D eigenvalue weighted by Gasteiger charge is -2.21. The first-order valence-corrected chi connectivity index (χ1v) is 7.80. The number of carbonyl (C=O) groups is 2. The van der Waals surface area contributed by atoms with Crippen molar-refractivity contribution >= 4 is 12.1 Å². The molecule has 2 atom stereocenters. The summed E-state index contributed by atoms with van der Waals surface area (Å²) >= 11 is 0. The van der Waals surface area contributed by atoms with E-state index >= 15 is 0 Å². The number of carboxylic acid groups (broad SMARTS) is 1. The van der Waals surface area contributed by atoms with Gasteiger partial charge >= 0.3 is 12.1 Å².